The summed E-state index contributed by atoms with van der Waals surface area (Å²) >= 11 is 1.06. The lowest BCUT2D eigenvalue weighted by molar-refractivity contribution is -0.384. The molecule has 1 aromatic rings. The Kier molecular flexibility index (Phi) is 5.80. The van der Waals surface area contributed by atoms with Gasteiger partial charge in [-0.05, 0) is 12.1 Å². The lowest BCUT2D eigenvalue weighted by atomic mass is 10.2. The molecule has 11 heteroatoms. The molecule has 0 saturated carbocycles. The molecule has 2 unspecified atom stereocenters. The van der Waals surface area contributed by atoms with Crippen LogP contribution in [0, 0.1) is 10.1 Å². The number of carboxylic acids is 1. The van der Waals surface area contributed by atoms with Gasteiger partial charge < -0.3 is 20.5 Å². The van der Waals surface area contributed by atoms with Crippen molar-refractivity contribution < 1.29 is 29.2 Å². The van der Waals surface area contributed by atoms with Crippen LogP contribution in [0.5, 0.6) is 5.75 Å². The quantitative estimate of drug-likeness (QED) is 0.488. The molecule has 1 aromatic carbocycles. The normalized spacial score (nSPS) is 19.6. The number of nitro groups is 1. The fourth-order valence-electron chi connectivity index (χ4n) is 2.14. The number of aliphatic carboxylic acids is 1. The summed E-state index contributed by atoms with van der Waals surface area (Å²) in [6.45, 7) is 0. The molecule has 0 aromatic heterocycles. The highest BCUT2D eigenvalue weighted by molar-refractivity contribution is 8.00. The van der Waals surface area contributed by atoms with Crippen LogP contribution in [0.4, 0.5) is 11.4 Å². The summed E-state index contributed by atoms with van der Waals surface area (Å²) in [5, 5.41) is 23.9. The second-order valence-corrected chi connectivity index (χ2v) is 6.35. The van der Waals surface area contributed by atoms with E-state index in [0.717, 1.165) is 11.8 Å². The van der Waals surface area contributed by atoms with Gasteiger partial charge in [-0.2, -0.15) is 0 Å². The number of nitrogens with zero attached hydrogens (tertiary/aromatic N) is 1. The highest BCUT2D eigenvalue weighted by Gasteiger charge is 2.33. The lowest BCUT2D eigenvalue weighted by Gasteiger charge is -2.25. The molecular formula is C14H15N3O7S. The molecule has 2 amide bonds. The van der Waals surface area contributed by atoms with Gasteiger partial charge in [-0.15, -0.1) is 11.8 Å². The van der Waals surface area contributed by atoms with E-state index in [1.807, 2.05) is 0 Å². The van der Waals surface area contributed by atoms with Crippen molar-refractivity contribution in [3.8, 4) is 5.75 Å². The van der Waals surface area contributed by atoms with E-state index in [-0.39, 0.29) is 29.3 Å². The second kappa shape index (κ2) is 7.83. The number of carboxylic acid groups (broad SMARTS) is 1. The first-order valence-corrected chi connectivity index (χ1v) is 8.13. The first-order chi connectivity index (χ1) is 11.8. The molecule has 0 aliphatic carbocycles. The first kappa shape index (κ1) is 18.5. The lowest BCUT2D eigenvalue weighted by Crippen LogP contribution is -2.51. The molecule has 10 nitrogen and oxygen atoms in total. The zero-order valence-corrected chi connectivity index (χ0v) is 13.9. The summed E-state index contributed by atoms with van der Waals surface area (Å²) in [4.78, 5) is 45.2. The van der Waals surface area contributed by atoms with Crippen molar-refractivity contribution in [2.24, 2.45) is 0 Å². The highest BCUT2D eigenvalue weighted by Crippen LogP contribution is 2.29. The standard InChI is InChI=1S/C14H15N3O7S/c1-24-7-2-3-8(10(4-7)17(22)23)15-12(18)5-11-13(19)16-9(6-25-11)14(20)21/h2-4,9,11H,5-6H2,1H3,(H,15,18)(H,16,19)(H,20,21). The van der Waals surface area contributed by atoms with E-state index in [4.69, 9.17) is 9.84 Å². The Labute approximate surface area is 146 Å². The van der Waals surface area contributed by atoms with Crippen molar-refractivity contribution in [3.63, 3.8) is 0 Å². The van der Waals surface area contributed by atoms with Crippen molar-refractivity contribution in [1.29, 1.82) is 0 Å². The van der Waals surface area contributed by atoms with E-state index in [1.165, 1.54) is 25.3 Å². The van der Waals surface area contributed by atoms with Gasteiger partial charge in [0, 0.05) is 12.2 Å². The second-order valence-electron chi connectivity index (χ2n) is 5.11. The van der Waals surface area contributed by atoms with E-state index >= 15 is 0 Å². The molecular weight excluding hydrogens is 354 g/mol. The van der Waals surface area contributed by atoms with Crippen LogP contribution in [0.15, 0.2) is 18.2 Å². The predicted octanol–water partition coefficient (Wildman–Crippen LogP) is 0.617. The van der Waals surface area contributed by atoms with Crippen molar-refractivity contribution in [2.45, 2.75) is 17.7 Å². The minimum absolute atomic E-state index is 0.0135. The third-order valence-corrected chi connectivity index (χ3v) is 4.73. The van der Waals surface area contributed by atoms with Crippen molar-refractivity contribution >= 4 is 40.9 Å². The van der Waals surface area contributed by atoms with E-state index in [2.05, 4.69) is 10.6 Å². The summed E-state index contributed by atoms with van der Waals surface area (Å²) in [7, 11) is 1.36. The topological polar surface area (TPSA) is 148 Å². The van der Waals surface area contributed by atoms with Crippen LogP contribution in [0.2, 0.25) is 0 Å². The number of hydrogen-bond donors (Lipinski definition) is 3. The van der Waals surface area contributed by atoms with Gasteiger partial charge in [-0.25, -0.2) is 4.79 Å². The average Bonchev–Trinajstić information content (AvgIpc) is 2.56. The zero-order valence-electron chi connectivity index (χ0n) is 13.1. The number of nitrogens with one attached hydrogen (secondary N) is 2. The fourth-order valence-corrected chi connectivity index (χ4v) is 3.28. The Morgan fingerprint density at radius 2 is 2.24 bits per heavy atom. The number of ether oxygens (including phenoxy) is 1. The molecule has 2 atom stereocenters. The van der Waals surface area contributed by atoms with Crippen molar-refractivity contribution in [1.82, 2.24) is 5.32 Å². The molecule has 0 spiro atoms. The minimum atomic E-state index is -1.14. The number of carbonyl (C=O) groups excluding carboxylic acids is 2. The van der Waals surface area contributed by atoms with Crippen LogP contribution in [-0.4, -0.2) is 52.0 Å². The number of benzene rings is 1. The Balaban J connectivity index is 2.02. The molecule has 134 valence electrons. The molecule has 0 radical (unpaired) electrons. The van der Waals surface area contributed by atoms with Crippen molar-refractivity contribution in [3.05, 3.63) is 28.3 Å². The van der Waals surface area contributed by atoms with Gasteiger partial charge in [0.2, 0.25) is 11.8 Å². The van der Waals surface area contributed by atoms with Crippen LogP contribution in [0.1, 0.15) is 6.42 Å². The van der Waals surface area contributed by atoms with Crippen LogP contribution in [0.25, 0.3) is 0 Å². The molecule has 1 saturated heterocycles. The van der Waals surface area contributed by atoms with E-state index in [0.29, 0.717) is 0 Å². The molecule has 3 N–H and O–H groups in total. The van der Waals surface area contributed by atoms with Gasteiger partial charge in [-0.3, -0.25) is 19.7 Å². The fraction of sp³-hybridized carbons (Fsp3) is 0.357. The molecule has 1 heterocycles. The number of anilines is 1. The third-order valence-electron chi connectivity index (χ3n) is 3.42. The summed E-state index contributed by atoms with van der Waals surface area (Å²) in [6.07, 6.45) is -0.230. The Hall–Kier alpha value is -2.82. The number of thioether (sulfide) groups is 1. The van der Waals surface area contributed by atoms with E-state index in [1.54, 1.807) is 0 Å². The Morgan fingerprint density at radius 3 is 2.80 bits per heavy atom. The minimum Gasteiger partial charge on any atom is -0.496 e. The van der Waals surface area contributed by atoms with Crippen molar-refractivity contribution in [2.75, 3.05) is 18.2 Å². The first-order valence-electron chi connectivity index (χ1n) is 7.09. The van der Waals surface area contributed by atoms with Gasteiger partial charge in [0.25, 0.3) is 5.69 Å². The van der Waals surface area contributed by atoms with Crippen LogP contribution < -0.4 is 15.4 Å². The maximum Gasteiger partial charge on any atom is 0.327 e. The van der Waals surface area contributed by atoms with E-state index in [9.17, 15) is 24.5 Å². The number of amides is 2. The number of nitro benzene ring substituents is 1. The molecule has 2 rings (SSSR count). The summed E-state index contributed by atoms with van der Waals surface area (Å²) in [6, 6.07) is 2.99. The third kappa shape index (κ3) is 4.59. The smallest absolute Gasteiger partial charge is 0.327 e. The zero-order chi connectivity index (χ0) is 18.6. The van der Waals surface area contributed by atoms with E-state index < -0.39 is 34.0 Å². The number of carbonyl (C=O) groups is 3. The predicted molar refractivity (Wildman–Crippen MR) is 88.7 cm³/mol. The molecule has 1 fully saturated rings. The number of methoxy groups -OCH3 is 1. The van der Waals surface area contributed by atoms with Gasteiger partial charge in [0.05, 0.1) is 23.3 Å². The Bertz CT molecular complexity index is 724. The summed E-state index contributed by atoms with van der Waals surface area (Å²) < 4.78 is 4.91. The average molecular weight is 369 g/mol. The summed E-state index contributed by atoms with van der Waals surface area (Å²) in [5.74, 6) is -1.87. The number of rotatable bonds is 6. The molecule has 1 aliphatic rings. The van der Waals surface area contributed by atoms with Crippen LogP contribution in [0.3, 0.4) is 0 Å². The maximum absolute atomic E-state index is 12.1. The van der Waals surface area contributed by atoms with Gasteiger partial charge in [0.15, 0.2) is 0 Å². The molecule has 1 aliphatic heterocycles. The molecule has 0 bridgehead atoms. The maximum atomic E-state index is 12.1. The van der Waals surface area contributed by atoms with Gasteiger partial charge in [0.1, 0.15) is 17.5 Å². The SMILES string of the molecule is COc1ccc(NC(=O)CC2SCC(C(=O)O)NC2=O)c([N+](=O)[O-])c1. The van der Waals surface area contributed by atoms with Gasteiger partial charge >= 0.3 is 5.97 Å². The molecule has 25 heavy (non-hydrogen) atoms. The number of hydrogen-bond acceptors (Lipinski definition) is 7. The van der Waals surface area contributed by atoms with Crippen LogP contribution in [-0.2, 0) is 14.4 Å². The van der Waals surface area contributed by atoms with Crippen LogP contribution >= 0.6 is 11.8 Å². The largest absolute Gasteiger partial charge is 0.496 e. The summed E-state index contributed by atoms with van der Waals surface area (Å²) in [5.41, 5.74) is -0.347. The Morgan fingerprint density at radius 1 is 1.52 bits per heavy atom. The highest BCUT2D eigenvalue weighted by atomic mass is 32.2. The van der Waals surface area contributed by atoms with Gasteiger partial charge in [-0.1, -0.05) is 0 Å². The monoisotopic (exact) mass is 369 g/mol.